The highest BCUT2D eigenvalue weighted by atomic mass is 16.6. The number of para-hydroxylation sites is 1. The lowest BCUT2D eigenvalue weighted by atomic mass is 9.95. The average Bonchev–Trinajstić information content (AvgIpc) is 2.87. The van der Waals surface area contributed by atoms with E-state index in [1.807, 2.05) is 37.3 Å². The fourth-order valence-corrected chi connectivity index (χ4v) is 4.78. The van der Waals surface area contributed by atoms with Gasteiger partial charge in [0.25, 0.3) is 0 Å². The van der Waals surface area contributed by atoms with Gasteiger partial charge in [-0.05, 0) is 69.1 Å². The van der Waals surface area contributed by atoms with Gasteiger partial charge in [-0.2, -0.15) is 0 Å². The molecule has 0 atom stereocenters. The first-order valence-corrected chi connectivity index (χ1v) is 12.0. The molecule has 2 aliphatic heterocycles. The van der Waals surface area contributed by atoms with E-state index in [0.717, 1.165) is 72.5 Å². The molecule has 1 amide bonds. The van der Waals surface area contributed by atoms with E-state index in [2.05, 4.69) is 27.3 Å². The number of carbonyl (C=O) groups excluding carboxylic acids is 1. The molecule has 34 heavy (non-hydrogen) atoms. The molecule has 178 valence electrons. The van der Waals surface area contributed by atoms with Crippen LogP contribution in [0.4, 0.5) is 5.69 Å². The molecule has 1 saturated heterocycles. The number of nitrogens with zero attached hydrogens (tertiary/aromatic N) is 2. The number of pyridine rings is 1. The third-order valence-electron chi connectivity index (χ3n) is 6.72. The minimum Gasteiger partial charge on any atom is -0.486 e. The third kappa shape index (κ3) is 4.80. The van der Waals surface area contributed by atoms with E-state index >= 15 is 0 Å². The number of benzene rings is 2. The highest BCUT2D eigenvalue weighted by Crippen LogP contribution is 2.31. The van der Waals surface area contributed by atoms with Gasteiger partial charge in [-0.3, -0.25) is 4.79 Å². The first-order chi connectivity index (χ1) is 16.6. The van der Waals surface area contributed by atoms with Crippen LogP contribution in [-0.2, 0) is 11.2 Å². The van der Waals surface area contributed by atoms with Crippen molar-refractivity contribution < 1.29 is 19.0 Å². The van der Waals surface area contributed by atoms with E-state index in [0.29, 0.717) is 19.1 Å². The SMILES string of the molecule is COc1nc2c(NC(=O)C3CCN(CCc4ccc5c(c4)OCCO5)CC3)cccc2cc1C. The molecule has 1 aromatic heterocycles. The summed E-state index contributed by atoms with van der Waals surface area (Å²) in [6.07, 6.45) is 2.66. The number of rotatable bonds is 6. The molecule has 3 heterocycles. The van der Waals surface area contributed by atoms with Crippen molar-refractivity contribution in [1.29, 1.82) is 0 Å². The molecule has 7 heteroatoms. The van der Waals surface area contributed by atoms with E-state index in [-0.39, 0.29) is 11.8 Å². The van der Waals surface area contributed by atoms with Crippen molar-refractivity contribution in [2.45, 2.75) is 26.2 Å². The molecule has 0 aliphatic carbocycles. The summed E-state index contributed by atoms with van der Waals surface area (Å²) in [4.78, 5) is 20.1. The van der Waals surface area contributed by atoms with Gasteiger partial charge in [0.2, 0.25) is 11.8 Å². The number of hydrogen-bond acceptors (Lipinski definition) is 6. The van der Waals surface area contributed by atoms with E-state index in [1.165, 1.54) is 5.56 Å². The second kappa shape index (κ2) is 9.89. The van der Waals surface area contributed by atoms with Crippen LogP contribution >= 0.6 is 0 Å². The van der Waals surface area contributed by atoms with E-state index in [1.54, 1.807) is 7.11 Å². The monoisotopic (exact) mass is 461 g/mol. The molecule has 0 spiro atoms. The Bertz CT molecular complexity index is 1190. The van der Waals surface area contributed by atoms with Crippen LogP contribution in [0.15, 0.2) is 42.5 Å². The Morgan fingerprint density at radius 3 is 2.71 bits per heavy atom. The van der Waals surface area contributed by atoms with Crippen molar-refractivity contribution in [3.63, 3.8) is 0 Å². The lowest BCUT2D eigenvalue weighted by molar-refractivity contribution is -0.121. The maximum Gasteiger partial charge on any atom is 0.227 e. The molecule has 5 rings (SSSR count). The van der Waals surface area contributed by atoms with Crippen LogP contribution in [0.2, 0.25) is 0 Å². The molecule has 2 aliphatic rings. The summed E-state index contributed by atoms with van der Waals surface area (Å²) in [7, 11) is 1.62. The van der Waals surface area contributed by atoms with Gasteiger partial charge in [0.05, 0.1) is 18.3 Å². The summed E-state index contributed by atoms with van der Waals surface area (Å²) in [6, 6.07) is 14.1. The van der Waals surface area contributed by atoms with Crippen LogP contribution < -0.4 is 19.5 Å². The zero-order valence-electron chi connectivity index (χ0n) is 19.8. The molecule has 1 fully saturated rings. The van der Waals surface area contributed by atoms with Gasteiger partial charge < -0.3 is 24.4 Å². The topological polar surface area (TPSA) is 72.9 Å². The Labute approximate surface area is 200 Å². The molecular formula is C27H31N3O4. The Kier molecular flexibility index (Phi) is 6.54. The van der Waals surface area contributed by atoms with Crippen LogP contribution in [0, 0.1) is 12.8 Å². The van der Waals surface area contributed by atoms with Crippen LogP contribution in [0.25, 0.3) is 10.9 Å². The highest BCUT2D eigenvalue weighted by molar-refractivity contribution is 6.01. The van der Waals surface area contributed by atoms with Crippen LogP contribution in [-0.4, -0.2) is 55.7 Å². The number of anilines is 1. The van der Waals surface area contributed by atoms with Crippen LogP contribution in [0.3, 0.4) is 0 Å². The summed E-state index contributed by atoms with van der Waals surface area (Å²) in [5.74, 6) is 2.33. The first-order valence-electron chi connectivity index (χ1n) is 12.0. The second-order valence-corrected chi connectivity index (χ2v) is 9.03. The molecule has 1 N–H and O–H groups in total. The normalized spacial score (nSPS) is 16.4. The number of aryl methyl sites for hydroxylation is 1. The van der Waals surface area contributed by atoms with Gasteiger partial charge in [0.15, 0.2) is 11.5 Å². The van der Waals surface area contributed by atoms with Crippen molar-refractivity contribution in [1.82, 2.24) is 9.88 Å². The summed E-state index contributed by atoms with van der Waals surface area (Å²) < 4.78 is 16.7. The molecule has 0 unspecified atom stereocenters. The number of hydrogen-bond donors (Lipinski definition) is 1. The van der Waals surface area contributed by atoms with Gasteiger partial charge >= 0.3 is 0 Å². The lowest BCUT2D eigenvalue weighted by Crippen LogP contribution is -2.39. The van der Waals surface area contributed by atoms with Crippen molar-refractivity contribution in [2.75, 3.05) is 45.3 Å². The van der Waals surface area contributed by atoms with Crippen molar-refractivity contribution in [2.24, 2.45) is 5.92 Å². The molecule has 0 radical (unpaired) electrons. The molecule has 2 aromatic carbocycles. The van der Waals surface area contributed by atoms with Crippen molar-refractivity contribution in [3.8, 4) is 17.4 Å². The number of fused-ring (bicyclic) bond motifs is 2. The summed E-state index contributed by atoms with van der Waals surface area (Å²) in [5.41, 5.74) is 3.72. The Morgan fingerprint density at radius 2 is 1.91 bits per heavy atom. The predicted molar refractivity (Wildman–Crippen MR) is 132 cm³/mol. The van der Waals surface area contributed by atoms with Gasteiger partial charge in [0, 0.05) is 23.4 Å². The largest absolute Gasteiger partial charge is 0.486 e. The molecule has 7 nitrogen and oxygen atoms in total. The number of carbonyl (C=O) groups is 1. The minimum atomic E-state index is 0.00754. The summed E-state index contributed by atoms with van der Waals surface area (Å²) in [6.45, 7) is 6.00. The van der Waals surface area contributed by atoms with Gasteiger partial charge in [-0.1, -0.05) is 18.2 Å². The number of methoxy groups -OCH3 is 1. The number of piperidine rings is 1. The lowest BCUT2D eigenvalue weighted by Gasteiger charge is -2.31. The number of nitrogens with one attached hydrogen (secondary N) is 1. The maximum absolute atomic E-state index is 13.0. The van der Waals surface area contributed by atoms with Crippen LogP contribution in [0.5, 0.6) is 17.4 Å². The third-order valence-corrected chi connectivity index (χ3v) is 6.72. The second-order valence-electron chi connectivity index (χ2n) is 9.03. The molecule has 0 bridgehead atoms. The number of ether oxygens (including phenoxy) is 3. The zero-order chi connectivity index (χ0) is 23.5. The Balaban J connectivity index is 1.16. The van der Waals surface area contributed by atoms with Gasteiger partial charge in [0.1, 0.15) is 13.2 Å². The first kappa shape index (κ1) is 22.5. The van der Waals surface area contributed by atoms with E-state index < -0.39 is 0 Å². The van der Waals surface area contributed by atoms with E-state index in [4.69, 9.17) is 14.2 Å². The van der Waals surface area contributed by atoms with Crippen molar-refractivity contribution >= 4 is 22.5 Å². The molecule has 3 aromatic rings. The Hall–Kier alpha value is -3.32. The van der Waals surface area contributed by atoms with Crippen molar-refractivity contribution in [3.05, 3.63) is 53.6 Å². The quantitative estimate of drug-likeness (QED) is 0.593. The summed E-state index contributed by atoms with van der Waals surface area (Å²) in [5, 5.41) is 4.12. The van der Waals surface area contributed by atoms with Gasteiger partial charge in [-0.25, -0.2) is 4.98 Å². The number of aromatic nitrogens is 1. The zero-order valence-corrected chi connectivity index (χ0v) is 19.8. The number of likely N-dealkylation sites (tertiary alicyclic amines) is 1. The maximum atomic E-state index is 13.0. The predicted octanol–water partition coefficient (Wildman–Crippen LogP) is 4.22. The smallest absolute Gasteiger partial charge is 0.227 e. The van der Waals surface area contributed by atoms with E-state index in [9.17, 15) is 4.79 Å². The van der Waals surface area contributed by atoms with Crippen LogP contribution in [0.1, 0.15) is 24.0 Å². The molecule has 0 saturated carbocycles. The highest BCUT2D eigenvalue weighted by Gasteiger charge is 2.25. The minimum absolute atomic E-state index is 0.00754. The fraction of sp³-hybridized carbons (Fsp3) is 0.407. The van der Waals surface area contributed by atoms with Gasteiger partial charge in [-0.15, -0.1) is 0 Å². The number of amides is 1. The fourth-order valence-electron chi connectivity index (χ4n) is 4.78. The standard InChI is InChI=1S/C27H31N3O4/c1-18-16-21-4-3-5-22(25(21)29-27(18)32-2)28-26(31)20-9-12-30(13-10-20)11-8-19-6-7-23-24(17-19)34-15-14-33-23/h3-7,16-17,20H,8-15H2,1-2H3,(H,28,31). The Morgan fingerprint density at radius 1 is 1.12 bits per heavy atom. The summed E-state index contributed by atoms with van der Waals surface area (Å²) >= 11 is 0. The molecular weight excluding hydrogens is 430 g/mol. The average molecular weight is 462 g/mol.